The van der Waals surface area contributed by atoms with Crippen molar-refractivity contribution in [3.05, 3.63) is 0 Å². The fraction of sp³-hybridized carbons (Fsp3) is 0.909. The van der Waals surface area contributed by atoms with Gasteiger partial charge in [0.25, 0.3) is 0 Å². The van der Waals surface area contributed by atoms with Gasteiger partial charge in [-0.3, -0.25) is 4.79 Å². The van der Waals surface area contributed by atoms with Crippen LogP contribution in [-0.2, 0) is 14.0 Å². The molecule has 0 aromatic carbocycles. The molecule has 0 fully saturated rings. The summed E-state index contributed by atoms with van der Waals surface area (Å²) in [6.07, 6.45) is 1.59. The van der Waals surface area contributed by atoms with Gasteiger partial charge in [-0.15, -0.1) is 0 Å². The maximum atomic E-state index is 11.4. The lowest BCUT2D eigenvalue weighted by Gasteiger charge is -2.28. The van der Waals surface area contributed by atoms with Crippen molar-refractivity contribution in [3.63, 3.8) is 0 Å². The van der Waals surface area contributed by atoms with Crippen molar-refractivity contribution in [3.8, 4) is 0 Å². The molecule has 0 aliphatic carbocycles. The fourth-order valence-electron chi connectivity index (χ4n) is 1.20. The van der Waals surface area contributed by atoms with Gasteiger partial charge in [0, 0.05) is 6.42 Å². The molecular formula is C11H24O3Si. The Hall–Kier alpha value is -0.353. The van der Waals surface area contributed by atoms with E-state index in [0.717, 1.165) is 12.8 Å². The first kappa shape index (κ1) is 14.6. The van der Waals surface area contributed by atoms with Gasteiger partial charge in [0.05, 0.1) is 11.5 Å². The van der Waals surface area contributed by atoms with Crippen LogP contribution in [0.25, 0.3) is 0 Å². The molecule has 0 amide bonds. The fourth-order valence-corrected chi connectivity index (χ4v) is 1.37. The van der Waals surface area contributed by atoms with Crippen LogP contribution < -0.4 is 0 Å². The second kappa shape index (κ2) is 6.28. The van der Waals surface area contributed by atoms with Gasteiger partial charge in [-0.25, -0.2) is 0 Å². The van der Waals surface area contributed by atoms with Crippen molar-refractivity contribution in [2.75, 3.05) is 0 Å². The molecule has 1 atom stereocenters. The Kier molecular flexibility index (Phi) is 6.13. The first-order valence-electron chi connectivity index (χ1n) is 5.58. The molecule has 0 saturated heterocycles. The first-order chi connectivity index (χ1) is 6.82. The third kappa shape index (κ3) is 5.94. The van der Waals surface area contributed by atoms with Crippen LogP contribution in [0.2, 0.25) is 0 Å². The summed E-state index contributed by atoms with van der Waals surface area (Å²) < 4.78 is 10.9. The molecule has 0 aliphatic rings. The summed E-state index contributed by atoms with van der Waals surface area (Å²) in [5.41, 5.74) is -0.176. The molecule has 0 N–H and O–H groups in total. The minimum atomic E-state index is -0.176. The third-order valence-electron chi connectivity index (χ3n) is 2.48. The van der Waals surface area contributed by atoms with Crippen molar-refractivity contribution in [2.24, 2.45) is 5.92 Å². The Morgan fingerprint density at radius 3 is 2.27 bits per heavy atom. The molecule has 15 heavy (non-hydrogen) atoms. The van der Waals surface area contributed by atoms with E-state index in [0.29, 0.717) is 10.5 Å². The first-order valence-corrected chi connectivity index (χ1v) is 6.39. The van der Waals surface area contributed by atoms with Gasteiger partial charge < -0.3 is 9.16 Å². The summed E-state index contributed by atoms with van der Waals surface area (Å²) in [7, 11) is 0.710. The van der Waals surface area contributed by atoms with Crippen molar-refractivity contribution >= 4 is 16.5 Å². The number of ether oxygens (including phenoxy) is 1. The van der Waals surface area contributed by atoms with Crippen LogP contribution in [0.15, 0.2) is 0 Å². The van der Waals surface area contributed by atoms with E-state index in [1.165, 1.54) is 0 Å². The number of hydrogen-bond donors (Lipinski definition) is 0. The molecule has 0 heterocycles. The minimum absolute atomic E-state index is 0.0242. The smallest absolute Gasteiger partial charge is 0.308 e. The molecule has 4 heteroatoms. The number of carbonyl (C=O) groups excluding carboxylic acids is 1. The van der Waals surface area contributed by atoms with E-state index >= 15 is 0 Å². The average Bonchev–Trinajstić information content (AvgIpc) is 2.16. The zero-order chi connectivity index (χ0) is 12.1. The zero-order valence-corrected chi connectivity index (χ0v) is 12.8. The predicted octanol–water partition coefficient (Wildman–Crippen LogP) is 1.43. The minimum Gasteiger partial charge on any atom is -0.462 e. The van der Waals surface area contributed by atoms with Gasteiger partial charge in [0.1, 0.15) is 16.6 Å². The second-order valence-electron chi connectivity index (χ2n) is 4.79. The summed E-state index contributed by atoms with van der Waals surface area (Å²) in [5, 5.41) is 0. The summed E-state index contributed by atoms with van der Waals surface area (Å²) in [5.74, 6) is -0.176. The van der Waals surface area contributed by atoms with E-state index in [1.807, 2.05) is 34.6 Å². The molecule has 0 rings (SSSR count). The highest BCUT2D eigenvalue weighted by Crippen LogP contribution is 2.20. The van der Waals surface area contributed by atoms with Gasteiger partial charge in [-0.1, -0.05) is 20.8 Å². The number of carbonyl (C=O) groups is 1. The molecule has 90 valence electrons. The van der Waals surface area contributed by atoms with E-state index in [-0.39, 0.29) is 23.6 Å². The summed E-state index contributed by atoms with van der Waals surface area (Å²) >= 11 is 0. The van der Waals surface area contributed by atoms with Gasteiger partial charge in [-0.05, 0) is 20.3 Å². The lowest BCUT2D eigenvalue weighted by molar-refractivity contribution is -0.155. The van der Waals surface area contributed by atoms with Crippen LogP contribution in [0.1, 0.15) is 47.5 Å². The van der Waals surface area contributed by atoms with E-state index in [4.69, 9.17) is 9.16 Å². The van der Waals surface area contributed by atoms with Crippen LogP contribution in [0, 0.1) is 5.92 Å². The monoisotopic (exact) mass is 232 g/mol. The van der Waals surface area contributed by atoms with Crippen LogP contribution in [0.5, 0.6) is 0 Å². The Balaban J connectivity index is 4.21. The van der Waals surface area contributed by atoms with E-state index in [1.54, 1.807) is 0 Å². The van der Waals surface area contributed by atoms with Crippen LogP contribution >= 0.6 is 0 Å². The van der Waals surface area contributed by atoms with Gasteiger partial charge in [-0.2, -0.15) is 0 Å². The maximum absolute atomic E-state index is 11.4. The highest BCUT2D eigenvalue weighted by Gasteiger charge is 2.24. The molecule has 0 spiro atoms. The van der Waals surface area contributed by atoms with Crippen LogP contribution in [-0.4, -0.2) is 28.2 Å². The summed E-state index contributed by atoms with van der Waals surface area (Å²) in [6.45, 7) is 9.80. The van der Waals surface area contributed by atoms with Crippen LogP contribution in [0.3, 0.4) is 0 Å². The summed E-state index contributed by atoms with van der Waals surface area (Å²) in [4.78, 5) is 11.4. The van der Waals surface area contributed by atoms with Crippen molar-refractivity contribution in [2.45, 2.75) is 59.2 Å². The van der Waals surface area contributed by atoms with Gasteiger partial charge in [0.2, 0.25) is 0 Å². The third-order valence-corrected chi connectivity index (χ3v) is 3.59. The quantitative estimate of drug-likeness (QED) is 0.513. The number of esters is 1. The van der Waals surface area contributed by atoms with E-state index in [9.17, 15) is 4.79 Å². The molecule has 0 saturated carbocycles. The molecule has 0 aliphatic heterocycles. The Morgan fingerprint density at radius 1 is 1.40 bits per heavy atom. The van der Waals surface area contributed by atoms with Crippen molar-refractivity contribution in [1.82, 2.24) is 0 Å². The van der Waals surface area contributed by atoms with Crippen LogP contribution in [0.4, 0.5) is 0 Å². The molecule has 0 bridgehead atoms. The average molecular weight is 232 g/mol. The lowest BCUT2D eigenvalue weighted by atomic mass is 9.99. The largest absolute Gasteiger partial charge is 0.462 e. The van der Waals surface area contributed by atoms with E-state index in [2.05, 4.69) is 0 Å². The Labute approximate surface area is 96.1 Å². The normalized spacial score (nSPS) is 14.3. The SMILES string of the molecule is CCC(CC(C)(C)O[SiH3])OC(=O)C(C)C. The topological polar surface area (TPSA) is 35.5 Å². The molecule has 1 unspecified atom stereocenters. The number of rotatable bonds is 6. The summed E-state index contributed by atoms with van der Waals surface area (Å²) in [6, 6.07) is 0. The molecular weight excluding hydrogens is 208 g/mol. The number of hydrogen-bond acceptors (Lipinski definition) is 3. The van der Waals surface area contributed by atoms with Gasteiger partial charge in [0.15, 0.2) is 0 Å². The second-order valence-corrected chi connectivity index (χ2v) is 5.20. The van der Waals surface area contributed by atoms with Gasteiger partial charge >= 0.3 is 5.97 Å². The molecule has 3 nitrogen and oxygen atoms in total. The highest BCUT2D eigenvalue weighted by atomic mass is 28.2. The lowest BCUT2D eigenvalue weighted by Crippen LogP contribution is -2.32. The zero-order valence-electron chi connectivity index (χ0n) is 10.8. The molecule has 0 radical (unpaired) electrons. The highest BCUT2D eigenvalue weighted by molar-refractivity contribution is 5.98. The predicted molar refractivity (Wildman–Crippen MR) is 64.7 cm³/mol. The Morgan fingerprint density at radius 2 is 1.93 bits per heavy atom. The van der Waals surface area contributed by atoms with E-state index < -0.39 is 0 Å². The Bertz CT molecular complexity index is 202. The molecule has 0 aromatic heterocycles. The van der Waals surface area contributed by atoms with Crippen molar-refractivity contribution < 1.29 is 14.0 Å². The van der Waals surface area contributed by atoms with Crippen molar-refractivity contribution in [1.29, 1.82) is 0 Å². The molecule has 0 aromatic rings. The maximum Gasteiger partial charge on any atom is 0.308 e. The standard InChI is InChI=1S/C11H24O3Si/c1-6-9(7-11(4,5)14-15)13-10(12)8(2)3/h8-9H,6-7H2,1-5,15H3.